The third kappa shape index (κ3) is 1.54. The van der Waals surface area contributed by atoms with Crippen LogP contribution in [0.3, 0.4) is 0 Å². The first-order valence-electron chi connectivity index (χ1n) is 5.70. The zero-order chi connectivity index (χ0) is 10.0. The third-order valence-electron chi connectivity index (χ3n) is 4.00. The molecule has 1 aliphatic heterocycles. The van der Waals surface area contributed by atoms with Crippen LogP contribution >= 0.6 is 0 Å². The predicted molar refractivity (Wildman–Crippen MR) is 54.1 cm³/mol. The van der Waals surface area contributed by atoms with Crippen molar-refractivity contribution >= 4 is 5.97 Å². The lowest BCUT2D eigenvalue weighted by Crippen LogP contribution is -2.41. The van der Waals surface area contributed by atoms with Gasteiger partial charge in [-0.2, -0.15) is 0 Å². The van der Waals surface area contributed by atoms with Gasteiger partial charge in [-0.1, -0.05) is 19.3 Å². The first kappa shape index (κ1) is 9.97. The van der Waals surface area contributed by atoms with Crippen LogP contribution in [0.15, 0.2) is 0 Å². The fraction of sp³-hybridized carbons (Fsp3) is 0.909. The molecular formula is C11H19NO2. The minimum Gasteiger partial charge on any atom is -0.481 e. The highest BCUT2D eigenvalue weighted by Gasteiger charge is 2.47. The molecule has 0 aromatic heterocycles. The highest BCUT2D eigenvalue weighted by Crippen LogP contribution is 2.42. The number of carboxylic acid groups (broad SMARTS) is 1. The van der Waals surface area contributed by atoms with E-state index in [1.165, 1.54) is 19.3 Å². The molecule has 2 rings (SSSR count). The zero-order valence-electron chi connectivity index (χ0n) is 8.59. The highest BCUT2D eigenvalue weighted by atomic mass is 16.4. The molecule has 80 valence electrons. The van der Waals surface area contributed by atoms with Crippen molar-refractivity contribution in [2.45, 2.75) is 38.5 Å². The van der Waals surface area contributed by atoms with Gasteiger partial charge in [0.05, 0.1) is 5.41 Å². The maximum atomic E-state index is 11.4. The number of carbonyl (C=O) groups is 1. The van der Waals surface area contributed by atoms with E-state index in [9.17, 15) is 9.90 Å². The molecule has 3 heteroatoms. The summed E-state index contributed by atoms with van der Waals surface area (Å²) in [4.78, 5) is 11.4. The second kappa shape index (κ2) is 3.89. The molecule has 1 saturated heterocycles. The summed E-state index contributed by atoms with van der Waals surface area (Å²) in [5.74, 6) is -0.154. The van der Waals surface area contributed by atoms with Crippen LogP contribution < -0.4 is 5.32 Å². The number of rotatable bonds is 2. The summed E-state index contributed by atoms with van der Waals surface area (Å²) in [5.41, 5.74) is -0.430. The molecule has 1 saturated carbocycles. The van der Waals surface area contributed by atoms with Crippen LogP contribution in [0.25, 0.3) is 0 Å². The van der Waals surface area contributed by atoms with Crippen molar-refractivity contribution < 1.29 is 9.90 Å². The van der Waals surface area contributed by atoms with Crippen molar-refractivity contribution in [1.82, 2.24) is 5.32 Å². The number of hydrogen-bond donors (Lipinski definition) is 2. The Labute approximate surface area is 84.9 Å². The van der Waals surface area contributed by atoms with E-state index in [-0.39, 0.29) is 0 Å². The zero-order valence-corrected chi connectivity index (χ0v) is 8.59. The predicted octanol–water partition coefficient (Wildman–Crippen LogP) is 1.63. The maximum absolute atomic E-state index is 11.4. The van der Waals surface area contributed by atoms with Gasteiger partial charge < -0.3 is 10.4 Å². The lowest BCUT2D eigenvalue weighted by molar-refractivity contribution is -0.152. The molecule has 2 fully saturated rings. The van der Waals surface area contributed by atoms with Gasteiger partial charge in [0, 0.05) is 6.54 Å². The van der Waals surface area contributed by atoms with Gasteiger partial charge in [0.2, 0.25) is 0 Å². The van der Waals surface area contributed by atoms with Gasteiger partial charge in [0.25, 0.3) is 0 Å². The Kier molecular flexibility index (Phi) is 2.77. The van der Waals surface area contributed by atoms with E-state index < -0.39 is 11.4 Å². The summed E-state index contributed by atoms with van der Waals surface area (Å²) < 4.78 is 0. The quantitative estimate of drug-likeness (QED) is 0.707. The molecule has 0 aromatic rings. The van der Waals surface area contributed by atoms with E-state index in [0.717, 1.165) is 25.8 Å². The molecule has 3 nitrogen and oxygen atoms in total. The van der Waals surface area contributed by atoms with Gasteiger partial charge in [0.15, 0.2) is 0 Å². The second-order valence-electron chi connectivity index (χ2n) is 4.72. The van der Waals surface area contributed by atoms with Gasteiger partial charge in [0.1, 0.15) is 0 Å². The first-order valence-corrected chi connectivity index (χ1v) is 5.70. The van der Waals surface area contributed by atoms with E-state index in [2.05, 4.69) is 5.32 Å². The van der Waals surface area contributed by atoms with Crippen molar-refractivity contribution in [2.75, 3.05) is 13.1 Å². The van der Waals surface area contributed by atoms with E-state index in [4.69, 9.17) is 0 Å². The van der Waals surface area contributed by atoms with E-state index >= 15 is 0 Å². The van der Waals surface area contributed by atoms with Crippen molar-refractivity contribution in [3.63, 3.8) is 0 Å². The normalized spacial score (nSPS) is 34.6. The fourth-order valence-corrected chi connectivity index (χ4v) is 3.07. The van der Waals surface area contributed by atoms with Crippen LogP contribution in [0.1, 0.15) is 38.5 Å². The van der Waals surface area contributed by atoms with Crippen LogP contribution in [0.4, 0.5) is 0 Å². The lowest BCUT2D eigenvalue weighted by Gasteiger charge is -2.35. The van der Waals surface area contributed by atoms with Gasteiger partial charge in [-0.15, -0.1) is 0 Å². The van der Waals surface area contributed by atoms with Crippen molar-refractivity contribution in [1.29, 1.82) is 0 Å². The summed E-state index contributed by atoms with van der Waals surface area (Å²) >= 11 is 0. The minimum absolute atomic E-state index is 0.420. The van der Waals surface area contributed by atoms with Crippen LogP contribution in [-0.4, -0.2) is 24.2 Å². The van der Waals surface area contributed by atoms with E-state index in [1.54, 1.807) is 0 Å². The summed E-state index contributed by atoms with van der Waals surface area (Å²) in [6.07, 6.45) is 6.80. The minimum atomic E-state index is -0.575. The Morgan fingerprint density at radius 1 is 1.29 bits per heavy atom. The Hall–Kier alpha value is -0.570. The third-order valence-corrected chi connectivity index (χ3v) is 4.00. The average molecular weight is 197 g/mol. The summed E-state index contributed by atoms with van der Waals surface area (Å²) in [5, 5.41) is 12.6. The smallest absolute Gasteiger partial charge is 0.311 e. The molecule has 14 heavy (non-hydrogen) atoms. The van der Waals surface area contributed by atoms with E-state index in [0.29, 0.717) is 12.5 Å². The van der Waals surface area contributed by atoms with Crippen molar-refractivity contribution in [3.8, 4) is 0 Å². The molecule has 1 heterocycles. The molecule has 0 aromatic carbocycles. The number of carboxylic acids is 1. The molecule has 0 spiro atoms. The lowest BCUT2D eigenvalue weighted by atomic mass is 9.68. The van der Waals surface area contributed by atoms with Crippen LogP contribution in [0.2, 0.25) is 0 Å². The van der Waals surface area contributed by atoms with Gasteiger partial charge >= 0.3 is 5.97 Å². The number of nitrogens with one attached hydrogen (secondary N) is 1. The standard InChI is InChI=1S/C11H19NO2/c13-10(14)11(6-7-12-8-11)9-4-2-1-3-5-9/h9,12H,1-8H2,(H,13,14). The van der Waals surface area contributed by atoms with Gasteiger partial charge in [-0.05, 0) is 31.7 Å². The molecule has 1 unspecified atom stereocenters. The van der Waals surface area contributed by atoms with E-state index in [1.807, 2.05) is 0 Å². The van der Waals surface area contributed by atoms with Crippen LogP contribution in [0, 0.1) is 11.3 Å². The van der Waals surface area contributed by atoms with Crippen molar-refractivity contribution in [3.05, 3.63) is 0 Å². The summed E-state index contributed by atoms with van der Waals surface area (Å²) in [7, 11) is 0. The fourth-order valence-electron chi connectivity index (χ4n) is 3.07. The SMILES string of the molecule is O=C(O)C1(C2CCCCC2)CCNC1. The highest BCUT2D eigenvalue weighted by molar-refractivity contribution is 5.76. The maximum Gasteiger partial charge on any atom is 0.311 e. The molecular weight excluding hydrogens is 178 g/mol. The Balaban J connectivity index is 2.12. The Morgan fingerprint density at radius 3 is 2.50 bits per heavy atom. The monoisotopic (exact) mass is 197 g/mol. The van der Waals surface area contributed by atoms with Gasteiger partial charge in [-0.25, -0.2) is 0 Å². The Morgan fingerprint density at radius 2 is 2.00 bits per heavy atom. The largest absolute Gasteiger partial charge is 0.481 e. The van der Waals surface area contributed by atoms with Gasteiger partial charge in [-0.3, -0.25) is 4.79 Å². The second-order valence-corrected chi connectivity index (χ2v) is 4.72. The molecule has 0 bridgehead atoms. The first-order chi connectivity index (χ1) is 6.76. The average Bonchev–Trinajstić information content (AvgIpc) is 2.69. The summed E-state index contributed by atoms with van der Waals surface area (Å²) in [6, 6.07) is 0. The molecule has 2 N–H and O–H groups in total. The van der Waals surface area contributed by atoms with Crippen LogP contribution in [-0.2, 0) is 4.79 Å². The molecule has 0 radical (unpaired) electrons. The number of hydrogen-bond acceptors (Lipinski definition) is 2. The molecule has 1 atom stereocenters. The van der Waals surface area contributed by atoms with Crippen LogP contribution in [0.5, 0.6) is 0 Å². The number of aliphatic carboxylic acids is 1. The molecule has 2 aliphatic rings. The Bertz CT molecular complexity index is 215. The topological polar surface area (TPSA) is 49.3 Å². The summed E-state index contributed by atoms with van der Waals surface area (Å²) in [6.45, 7) is 1.57. The van der Waals surface area contributed by atoms with Crippen molar-refractivity contribution in [2.24, 2.45) is 11.3 Å². The molecule has 0 amide bonds. The molecule has 1 aliphatic carbocycles.